The molecule has 0 aromatic heterocycles. The second kappa shape index (κ2) is 4.70. The molecule has 0 amide bonds. The topological polar surface area (TPSA) is 73.2 Å². The van der Waals surface area contributed by atoms with Crippen LogP contribution in [-0.4, -0.2) is 31.4 Å². The molecule has 0 saturated heterocycles. The second-order valence-corrected chi connectivity index (χ2v) is 6.35. The molecule has 6 heteroatoms. The molecule has 92 valence electrons. The minimum absolute atomic E-state index is 0.116. The van der Waals surface area contributed by atoms with Gasteiger partial charge >= 0.3 is 0 Å². The maximum absolute atomic E-state index is 12.0. The lowest BCUT2D eigenvalue weighted by molar-refractivity contribution is 0.383. The summed E-state index contributed by atoms with van der Waals surface area (Å²) in [4.78, 5) is 0. The Hall–Kier alpha value is -0.640. The summed E-state index contributed by atoms with van der Waals surface area (Å²) in [5, 5.41) is 9.10. The monoisotopic (exact) mass is 245 g/mol. The first-order valence-electron chi connectivity index (χ1n) is 5.51. The van der Waals surface area contributed by atoms with E-state index in [2.05, 4.69) is 10.8 Å². The fourth-order valence-electron chi connectivity index (χ4n) is 1.81. The minimum atomic E-state index is -3.55. The van der Waals surface area contributed by atoms with Crippen LogP contribution < -0.4 is 4.72 Å². The number of hydrogen-bond donors (Lipinski definition) is 1. The molecule has 0 unspecified atom stereocenters. The Balaban J connectivity index is 2.84. The summed E-state index contributed by atoms with van der Waals surface area (Å²) in [6, 6.07) is 1.99. The van der Waals surface area contributed by atoms with E-state index in [1.807, 2.05) is 0 Å². The zero-order chi connectivity index (χ0) is 12.4. The smallest absolute Gasteiger partial charge is 0.196 e. The summed E-state index contributed by atoms with van der Waals surface area (Å²) in [5.74, 6) is 0. The number of rotatable bonds is 4. The third-order valence-electron chi connectivity index (χ3n) is 3.10. The number of nitrogens with one attached hydrogen (secondary N) is 1. The predicted molar refractivity (Wildman–Crippen MR) is 61.8 cm³/mol. The molecule has 0 aliphatic heterocycles. The van der Waals surface area contributed by atoms with Gasteiger partial charge in [-0.25, -0.2) is 0 Å². The van der Waals surface area contributed by atoms with E-state index in [9.17, 15) is 8.42 Å². The van der Waals surface area contributed by atoms with Gasteiger partial charge in [0.1, 0.15) is 5.54 Å². The molecule has 0 spiro atoms. The Kier molecular flexibility index (Phi) is 3.94. The highest BCUT2D eigenvalue weighted by atomic mass is 32.2. The standard InChI is InChI=1S/C10H19N3O2S/c1-9(2)13(3)16(14,15)12-10(8-11)6-4-5-7-10/h9,12H,4-7H2,1-3H3. The summed E-state index contributed by atoms with van der Waals surface area (Å²) in [7, 11) is -2.03. The third-order valence-corrected chi connectivity index (χ3v) is 4.93. The lowest BCUT2D eigenvalue weighted by Crippen LogP contribution is -2.51. The summed E-state index contributed by atoms with van der Waals surface area (Å²) in [6.45, 7) is 3.60. The Labute approximate surface area is 97.6 Å². The molecule has 0 bridgehead atoms. The molecule has 0 radical (unpaired) electrons. The molecule has 1 saturated carbocycles. The van der Waals surface area contributed by atoms with Gasteiger partial charge in [-0.05, 0) is 26.7 Å². The van der Waals surface area contributed by atoms with E-state index < -0.39 is 15.7 Å². The lowest BCUT2D eigenvalue weighted by Gasteiger charge is -2.27. The molecule has 0 heterocycles. The van der Waals surface area contributed by atoms with Gasteiger partial charge in [0.15, 0.2) is 0 Å². The van der Waals surface area contributed by atoms with E-state index in [0.29, 0.717) is 12.8 Å². The zero-order valence-corrected chi connectivity index (χ0v) is 10.8. The molecule has 5 nitrogen and oxygen atoms in total. The van der Waals surface area contributed by atoms with Crippen molar-refractivity contribution in [2.45, 2.75) is 51.1 Å². The molecule has 1 aliphatic rings. The Morgan fingerprint density at radius 2 is 1.88 bits per heavy atom. The average Bonchev–Trinajstić information content (AvgIpc) is 2.65. The summed E-state index contributed by atoms with van der Waals surface area (Å²) in [6.07, 6.45) is 3.02. The molecule has 1 fully saturated rings. The molecule has 1 aliphatic carbocycles. The quantitative estimate of drug-likeness (QED) is 0.803. The highest BCUT2D eigenvalue weighted by molar-refractivity contribution is 7.87. The first-order chi connectivity index (χ1) is 7.33. The fourth-order valence-corrected chi connectivity index (χ4v) is 3.25. The van der Waals surface area contributed by atoms with Gasteiger partial charge in [0.25, 0.3) is 10.2 Å². The summed E-state index contributed by atoms with van der Waals surface area (Å²) in [5.41, 5.74) is -0.887. The SMILES string of the molecule is CC(C)N(C)S(=O)(=O)NC1(C#N)CCCC1. The van der Waals surface area contributed by atoms with Crippen molar-refractivity contribution in [3.63, 3.8) is 0 Å². The largest absolute Gasteiger partial charge is 0.280 e. The molecule has 16 heavy (non-hydrogen) atoms. The molecule has 0 aromatic carbocycles. The normalized spacial score (nSPS) is 20.2. The van der Waals surface area contributed by atoms with Crippen LogP contribution in [0, 0.1) is 11.3 Å². The fraction of sp³-hybridized carbons (Fsp3) is 0.900. The van der Waals surface area contributed by atoms with Gasteiger partial charge < -0.3 is 0 Å². The zero-order valence-electron chi connectivity index (χ0n) is 10.0. The van der Waals surface area contributed by atoms with Crippen molar-refractivity contribution >= 4 is 10.2 Å². The van der Waals surface area contributed by atoms with Crippen LogP contribution in [0.15, 0.2) is 0 Å². The van der Waals surface area contributed by atoms with E-state index in [1.54, 1.807) is 13.8 Å². The summed E-state index contributed by atoms with van der Waals surface area (Å²) < 4.78 is 27.7. The van der Waals surface area contributed by atoms with Crippen molar-refractivity contribution in [3.05, 3.63) is 0 Å². The number of hydrogen-bond acceptors (Lipinski definition) is 3. The predicted octanol–water partition coefficient (Wildman–Crippen LogP) is 0.997. The molecule has 0 aromatic rings. The Morgan fingerprint density at radius 3 is 2.25 bits per heavy atom. The van der Waals surface area contributed by atoms with Crippen LogP contribution in [0.5, 0.6) is 0 Å². The van der Waals surface area contributed by atoms with Crippen molar-refractivity contribution < 1.29 is 8.42 Å². The van der Waals surface area contributed by atoms with E-state index in [1.165, 1.54) is 11.4 Å². The average molecular weight is 245 g/mol. The van der Waals surface area contributed by atoms with Gasteiger partial charge in [-0.1, -0.05) is 12.8 Å². The maximum atomic E-state index is 12.0. The van der Waals surface area contributed by atoms with Crippen LogP contribution in [0.3, 0.4) is 0 Å². The highest BCUT2D eigenvalue weighted by Gasteiger charge is 2.39. The van der Waals surface area contributed by atoms with Gasteiger partial charge in [-0.3, -0.25) is 0 Å². The van der Waals surface area contributed by atoms with Crippen molar-refractivity contribution in [2.24, 2.45) is 0 Å². The second-order valence-electron chi connectivity index (χ2n) is 4.62. The summed E-state index contributed by atoms with van der Waals surface area (Å²) >= 11 is 0. The van der Waals surface area contributed by atoms with Crippen LogP contribution in [0.1, 0.15) is 39.5 Å². The molecular weight excluding hydrogens is 226 g/mol. The molecule has 1 rings (SSSR count). The highest BCUT2D eigenvalue weighted by Crippen LogP contribution is 2.30. The Bertz CT molecular complexity index is 377. The minimum Gasteiger partial charge on any atom is -0.196 e. The van der Waals surface area contributed by atoms with Crippen LogP contribution in [0.2, 0.25) is 0 Å². The molecule has 0 atom stereocenters. The van der Waals surface area contributed by atoms with Gasteiger partial charge in [0, 0.05) is 13.1 Å². The van der Waals surface area contributed by atoms with Crippen molar-refractivity contribution in [1.29, 1.82) is 5.26 Å². The first kappa shape index (κ1) is 13.4. The van der Waals surface area contributed by atoms with Gasteiger partial charge in [0.2, 0.25) is 0 Å². The van der Waals surface area contributed by atoms with Gasteiger partial charge in [-0.2, -0.15) is 22.7 Å². The van der Waals surface area contributed by atoms with Crippen LogP contribution in [-0.2, 0) is 10.2 Å². The van der Waals surface area contributed by atoms with E-state index >= 15 is 0 Å². The number of nitriles is 1. The van der Waals surface area contributed by atoms with Crippen molar-refractivity contribution in [1.82, 2.24) is 9.03 Å². The number of nitrogens with zero attached hydrogens (tertiary/aromatic N) is 2. The van der Waals surface area contributed by atoms with Crippen molar-refractivity contribution in [3.8, 4) is 6.07 Å². The first-order valence-corrected chi connectivity index (χ1v) is 6.95. The van der Waals surface area contributed by atoms with E-state index in [-0.39, 0.29) is 6.04 Å². The van der Waals surface area contributed by atoms with Crippen molar-refractivity contribution in [2.75, 3.05) is 7.05 Å². The molecular formula is C10H19N3O2S. The third kappa shape index (κ3) is 2.73. The van der Waals surface area contributed by atoms with E-state index in [4.69, 9.17) is 5.26 Å². The maximum Gasteiger partial charge on any atom is 0.280 e. The van der Waals surface area contributed by atoms with Crippen LogP contribution in [0.25, 0.3) is 0 Å². The van der Waals surface area contributed by atoms with Gasteiger partial charge in [-0.15, -0.1) is 0 Å². The van der Waals surface area contributed by atoms with Gasteiger partial charge in [0.05, 0.1) is 6.07 Å². The van der Waals surface area contributed by atoms with Crippen LogP contribution >= 0.6 is 0 Å². The van der Waals surface area contributed by atoms with E-state index in [0.717, 1.165) is 12.8 Å². The van der Waals surface area contributed by atoms with Crippen LogP contribution in [0.4, 0.5) is 0 Å². The molecule has 1 N–H and O–H groups in total. The Morgan fingerprint density at radius 1 is 1.38 bits per heavy atom. The lowest BCUT2D eigenvalue weighted by atomic mass is 10.0.